The van der Waals surface area contributed by atoms with Crippen molar-refractivity contribution in [2.75, 3.05) is 11.9 Å². The molecule has 1 aliphatic heterocycles. The molecule has 0 unspecified atom stereocenters. The molecular formula is C21H21FN4O2. The Labute approximate surface area is 162 Å². The first-order chi connectivity index (χ1) is 13.6. The molecule has 0 spiro atoms. The molecule has 0 aliphatic carbocycles. The van der Waals surface area contributed by atoms with E-state index in [0.717, 1.165) is 22.4 Å². The van der Waals surface area contributed by atoms with Gasteiger partial charge >= 0.3 is 0 Å². The van der Waals surface area contributed by atoms with E-state index in [1.54, 1.807) is 29.2 Å². The molecule has 0 amide bonds. The number of anilines is 1. The van der Waals surface area contributed by atoms with Crippen LogP contribution in [0.5, 0.6) is 5.75 Å². The molecule has 0 saturated heterocycles. The van der Waals surface area contributed by atoms with E-state index in [-0.39, 0.29) is 17.9 Å². The van der Waals surface area contributed by atoms with E-state index in [2.05, 4.69) is 15.3 Å². The minimum absolute atomic E-state index is 0.154. The van der Waals surface area contributed by atoms with Gasteiger partial charge in [-0.15, -0.1) is 0 Å². The first kappa shape index (κ1) is 18.2. The Morgan fingerprint density at radius 2 is 2.11 bits per heavy atom. The fraction of sp³-hybridized carbons (Fsp3) is 0.286. The molecule has 1 aromatic carbocycles. The highest BCUT2D eigenvalue weighted by Gasteiger charge is 2.20. The van der Waals surface area contributed by atoms with Crippen LogP contribution in [0.15, 0.2) is 41.6 Å². The van der Waals surface area contributed by atoms with Gasteiger partial charge in [0.15, 0.2) is 0 Å². The molecule has 0 bridgehead atoms. The van der Waals surface area contributed by atoms with Crippen molar-refractivity contribution in [2.45, 2.75) is 33.4 Å². The maximum absolute atomic E-state index is 14.3. The van der Waals surface area contributed by atoms with E-state index in [0.29, 0.717) is 36.6 Å². The van der Waals surface area contributed by atoms with E-state index >= 15 is 0 Å². The number of ether oxygens (including phenoxy) is 1. The van der Waals surface area contributed by atoms with Crippen molar-refractivity contribution in [3.8, 4) is 16.9 Å². The number of aryl methyl sites for hydroxylation is 1. The van der Waals surface area contributed by atoms with Crippen molar-refractivity contribution in [3.05, 3.63) is 69.7 Å². The smallest absolute Gasteiger partial charge is 0.262 e. The molecule has 3 heterocycles. The van der Waals surface area contributed by atoms with Gasteiger partial charge in [0.25, 0.3) is 5.56 Å². The number of fused-ring (bicyclic) bond motifs is 1. The van der Waals surface area contributed by atoms with Crippen LogP contribution in [0, 0.1) is 12.7 Å². The zero-order valence-corrected chi connectivity index (χ0v) is 15.8. The predicted octanol–water partition coefficient (Wildman–Crippen LogP) is 3.32. The number of pyridine rings is 1. The van der Waals surface area contributed by atoms with E-state index in [9.17, 15) is 9.18 Å². The molecule has 1 aliphatic rings. The second kappa shape index (κ2) is 7.42. The quantitative estimate of drug-likeness (QED) is 0.735. The minimum atomic E-state index is -0.287. The summed E-state index contributed by atoms with van der Waals surface area (Å²) in [5.41, 5.74) is 3.49. The summed E-state index contributed by atoms with van der Waals surface area (Å²) in [6, 6.07) is 4.93. The Bertz CT molecular complexity index is 1090. The van der Waals surface area contributed by atoms with Crippen molar-refractivity contribution in [1.29, 1.82) is 0 Å². The fourth-order valence-corrected chi connectivity index (χ4v) is 3.53. The lowest BCUT2D eigenvalue weighted by molar-refractivity contribution is 0.356. The number of aromatic nitrogens is 3. The minimum Gasteiger partial charge on any atom is -0.493 e. The number of rotatable bonds is 5. The van der Waals surface area contributed by atoms with Crippen LogP contribution in [0.3, 0.4) is 0 Å². The average molecular weight is 380 g/mol. The van der Waals surface area contributed by atoms with E-state index < -0.39 is 0 Å². The van der Waals surface area contributed by atoms with Gasteiger partial charge < -0.3 is 10.1 Å². The van der Waals surface area contributed by atoms with Gasteiger partial charge in [-0.3, -0.25) is 14.3 Å². The van der Waals surface area contributed by atoms with Crippen LogP contribution < -0.4 is 15.6 Å². The molecular weight excluding hydrogens is 359 g/mol. The monoisotopic (exact) mass is 380 g/mol. The number of hydrogen-bond donors (Lipinski definition) is 1. The summed E-state index contributed by atoms with van der Waals surface area (Å²) in [5.74, 6) is 0.847. The molecule has 2 aromatic heterocycles. The fourth-order valence-electron chi connectivity index (χ4n) is 3.53. The first-order valence-corrected chi connectivity index (χ1v) is 9.28. The van der Waals surface area contributed by atoms with Crippen LogP contribution in [0.4, 0.5) is 10.3 Å². The first-order valence-electron chi connectivity index (χ1n) is 9.28. The van der Waals surface area contributed by atoms with Gasteiger partial charge in [0, 0.05) is 54.8 Å². The van der Waals surface area contributed by atoms with Gasteiger partial charge in [-0.25, -0.2) is 9.37 Å². The van der Waals surface area contributed by atoms with E-state index in [1.165, 1.54) is 6.07 Å². The highest BCUT2D eigenvalue weighted by Crippen LogP contribution is 2.30. The second-order valence-corrected chi connectivity index (χ2v) is 6.69. The van der Waals surface area contributed by atoms with Gasteiger partial charge in [0.05, 0.1) is 12.2 Å². The Hall–Kier alpha value is -3.22. The van der Waals surface area contributed by atoms with Gasteiger partial charge in [0.2, 0.25) is 5.95 Å². The molecule has 28 heavy (non-hydrogen) atoms. The topological polar surface area (TPSA) is 69.0 Å². The Kier molecular flexibility index (Phi) is 4.81. The molecule has 4 rings (SSSR count). The number of nitrogens with one attached hydrogen (secondary N) is 1. The summed E-state index contributed by atoms with van der Waals surface area (Å²) in [4.78, 5) is 21.6. The van der Waals surface area contributed by atoms with Gasteiger partial charge in [-0.1, -0.05) is 0 Å². The third kappa shape index (κ3) is 3.13. The molecule has 0 radical (unpaired) electrons. The van der Waals surface area contributed by atoms with E-state index in [1.807, 2.05) is 19.9 Å². The Morgan fingerprint density at radius 3 is 2.89 bits per heavy atom. The molecule has 1 N–H and O–H groups in total. The molecule has 144 valence electrons. The summed E-state index contributed by atoms with van der Waals surface area (Å²) in [6.45, 7) is 5.04. The van der Waals surface area contributed by atoms with Crippen LogP contribution in [0.1, 0.15) is 23.6 Å². The summed E-state index contributed by atoms with van der Waals surface area (Å²) in [5, 5.41) is 3.13. The number of halogens is 1. The number of benzene rings is 1. The van der Waals surface area contributed by atoms with Gasteiger partial charge in [-0.2, -0.15) is 0 Å². The number of hydrogen-bond acceptors (Lipinski definition) is 5. The third-order valence-corrected chi connectivity index (χ3v) is 5.06. The Balaban J connectivity index is 1.67. The zero-order valence-electron chi connectivity index (χ0n) is 15.8. The SMILES string of the molecule is CCn1c(NCc2c(F)ccc3c2CCO3)ncc(-c2cnccc2C)c1=O. The summed E-state index contributed by atoms with van der Waals surface area (Å²) < 4.78 is 21.4. The Morgan fingerprint density at radius 1 is 1.25 bits per heavy atom. The lowest BCUT2D eigenvalue weighted by Crippen LogP contribution is -2.25. The van der Waals surface area contributed by atoms with Crippen LogP contribution >= 0.6 is 0 Å². The summed E-state index contributed by atoms with van der Waals surface area (Å²) in [6.07, 6.45) is 5.59. The molecule has 0 atom stereocenters. The van der Waals surface area contributed by atoms with Crippen molar-refractivity contribution in [3.63, 3.8) is 0 Å². The third-order valence-electron chi connectivity index (χ3n) is 5.06. The normalized spacial score (nSPS) is 12.5. The molecule has 6 nitrogen and oxygen atoms in total. The van der Waals surface area contributed by atoms with Crippen molar-refractivity contribution in [1.82, 2.24) is 14.5 Å². The molecule has 3 aromatic rings. The van der Waals surface area contributed by atoms with Crippen molar-refractivity contribution < 1.29 is 9.13 Å². The van der Waals surface area contributed by atoms with Gasteiger partial charge in [-0.05, 0) is 37.6 Å². The van der Waals surface area contributed by atoms with Crippen LogP contribution in [-0.2, 0) is 19.5 Å². The van der Waals surface area contributed by atoms with Gasteiger partial charge in [0.1, 0.15) is 11.6 Å². The highest BCUT2D eigenvalue weighted by molar-refractivity contribution is 5.64. The van der Waals surface area contributed by atoms with Crippen molar-refractivity contribution >= 4 is 5.95 Å². The maximum Gasteiger partial charge on any atom is 0.262 e. The summed E-state index contributed by atoms with van der Waals surface area (Å²) >= 11 is 0. The second-order valence-electron chi connectivity index (χ2n) is 6.69. The molecule has 0 saturated carbocycles. The average Bonchev–Trinajstić information content (AvgIpc) is 3.17. The van der Waals surface area contributed by atoms with Crippen LogP contribution in [0.2, 0.25) is 0 Å². The molecule has 7 heteroatoms. The van der Waals surface area contributed by atoms with E-state index in [4.69, 9.17) is 4.74 Å². The highest BCUT2D eigenvalue weighted by atomic mass is 19.1. The lowest BCUT2D eigenvalue weighted by atomic mass is 10.0. The molecule has 0 fully saturated rings. The predicted molar refractivity (Wildman–Crippen MR) is 105 cm³/mol. The standard InChI is InChI=1S/C21H21FN4O2/c1-3-26-20(27)17(15-10-23-8-6-13(15)2)12-25-21(26)24-11-16-14-7-9-28-19(14)5-4-18(16)22/h4-6,8,10,12H,3,7,9,11H2,1-2H3,(H,24,25). The lowest BCUT2D eigenvalue weighted by Gasteiger charge is -2.15. The van der Waals surface area contributed by atoms with Crippen LogP contribution in [-0.4, -0.2) is 21.1 Å². The summed E-state index contributed by atoms with van der Waals surface area (Å²) in [7, 11) is 0. The van der Waals surface area contributed by atoms with Crippen LogP contribution in [0.25, 0.3) is 11.1 Å². The van der Waals surface area contributed by atoms with Crippen molar-refractivity contribution in [2.24, 2.45) is 0 Å². The largest absolute Gasteiger partial charge is 0.493 e. The number of nitrogens with zero attached hydrogens (tertiary/aromatic N) is 3. The zero-order chi connectivity index (χ0) is 19.7. The maximum atomic E-state index is 14.3.